The van der Waals surface area contributed by atoms with Gasteiger partial charge in [-0.15, -0.1) is 5.10 Å². The molecule has 0 unspecified atom stereocenters. The van der Waals surface area contributed by atoms with Crippen LogP contribution in [-0.2, 0) is 16.8 Å². The number of aromatic amines is 1. The Labute approximate surface area is 210 Å². The number of furan rings is 1. The Morgan fingerprint density at radius 1 is 1.28 bits per heavy atom. The second kappa shape index (κ2) is 9.99. The molecule has 1 N–H and O–H groups in total. The Kier molecular flexibility index (Phi) is 6.77. The summed E-state index contributed by atoms with van der Waals surface area (Å²) in [6.45, 7) is 10.2. The van der Waals surface area contributed by atoms with Gasteiger partial charge in [0.15, 0.2) is 5.82 Å². The number of pyridine rings is 1. The molecule has 0 saturated carbocycles. The van der Waals surface area contributed by atoms with Crippen molar-refractivity contribution in [3.8, 4) is 0 Å². The quantitative estimate of drug-likeness (QED) is 0.372. The van der Waals surface area contributed by atoms with Crippen molar-refractivity contribution in [2.45, 2.75) is 71.2 Å². The molecule has 9 nitrogen and oxygen atoms in total. The number of fused-ring (bicyclic) bond motifs is 1. The Bertz CT molecular complexity index is 1370. The van der Waals surface area contributed by atoms with E-state index in [1.807, 2.05) is 41.9 Å². The van der Waals surface area contributed by atoms with Crippen molar-refractivity contribution in [2.75, 3.05) is 13.2 Å². The van der Waals surface area contributed by atoms with Crippen LogP contribution in [0, 0.1) is 6.92 Å². The number of tetrazole rings is 1. The lowest BCUT2D eigenvalue weighted by Crippen LogP contribution is -2.41. The van der Waals surface area contributed by atoms with Crippen LogP contribution in [0.2, 0.25) is 0 Å². The molecule has 5 rings (SSSR count). The van der Waals surface area contributed by atoms with E-state index in [0.717, 1.165) is 48.1 Å². The van der Waals surface area contributed by atoms with E-state index >= 15 is 0 Å². The lowest BCUT2D eigenvalue weighted by Gasteiger charge is -2.34. The number of hydrogen-bond acceptors (Lipinski definition) is 7. The molecule has 0 radical (unpaired) electrons. The summed E-state index contributed by atoms with van der Waals surface area (Å²) < 4.78 is 13.6. The van der Waals surface area contributed by atoms with Gasteiger partial charge in [0.05, 0.1) is 24.5 Å². The smallest absolute Gasteiger partial charge is 0.253 e. The molecule has 1 saturated heterocycles. The highest BCUT2D eigenvalue weighted by Crippen LogP contribution is 2.33. The molecule has 2 atom stereocenters. The van der Waals surface area contributed by atoms with Gasteiger partial charge >= 0.3 is 0 Å². The molecule has 1 aliphatic heterocycles. The van der Waals surface area contributed by atoms with Crippen LogP contribution >= 0.6 is 0 Å². The number of nitrogens with one attached hydrogen (secondary N) is 1. The van der Waals surface area contributed by atoms with Crippen LogP contribution in [-0.4, -0.2) is 49.3 Å². The van der Waals surface area contributed by atoms with Crippen molar-refractivity contribution in [2.24, 2.45) is 0 Å². The highest BCUT2D eigenvalue weighted by Gasteiger charge is 2.36. The molecule has 0 amide bonds. The molecule has 190 valence electrons. The first-order chi connectivity index (χ1) is 17.4. The van der Waals surface area contributed by atoms with E-state index in [1.54, 1.807) is 6.26 Å². The second-order valence-electron chi connectivity index (χ2n) is 10.3. The second-order valence-corrected chi connectivity index (χ2v) is 10.3. The molecule has 4 heterocycles. The number of benzene rings is 1. The van der Waals surface area contributed by atoms with Crippen LogP contribution < -0.4 is 5.56 Å². The van der Waals surface area contributed by atoms with Crippen LogP contribution in [0.4, 0.5) is 0 Å². The minimum Gasteiger partial charge on any atom is -0.468 e. The van der Waals surface area contributed by atoms with Gasteiger partial charge in [0.25, 0.3) is 5.56 Å². The molecule has 9 heteroatoms. The Morgan fingerprint density at radius 3 is 2.86 bits per heavy atom. The fourth-order valence-corrected chi connectivity index (χ4v) is 4.90. The predicted molar refractivity (Wildman–Crippen MR) is 137 cm³/mol. The molecule has 0 spiro atoms. The fraction of sp³-hybridized carbons (Fsp3) is 0.481. The molecular formula is C27H34N6O3. The lowest BCUT2D eigenvalue weighted by molar-refractivity contribution is 0.0534. The third-order valence-electron chi connectivity index (χ3n) is 7.27. The van der Waals surface area contributed by atoms with Crippen molar-refractivity contribution in [1.82, 2.24) is 30.1 Å². The molecule has 0 aliphatic carbocycles. The number of H-pyrrole nitrogens is 1. The normalized spacial score (nSPS) is 17.3. The maximum absolute atomic E-state index is 13.6. The van der Waals surface area contributed by atoms with Crippen LogP contribution in [0.1, 0.15) is 68.8 Å². The summed E-state index contributed by atoms with van der Waals surface area (Å²) in [6, 6.07) is 11.3. The third-order valence-corrected chi connectivity index (χ3v) is 7.27. The van der Waals surface area contributed by atoms with Gasteiger partial charge in [0.1, 0.15) is 11.8 Å². The first-order valence-electron chi connectivity index (χ1n) is 12.7. The fourth-order valence-electron chi connectivity index (χ4n) is 4.90. The predicted octanol–water partition coefficient (Wildman–Crippen LogP) is 4.33. The summed E-state index contributed by atoms with van der Waals surface area (Å²) in [4.78, 5) is 18.9. The largest absolute Gasteiger partial charge is 0.468 e. The molecule has 1 fully saturated rings. The van der Waals surface area contributed by atoms with Crippen LogP contribution in [0.3, 0.4) is 0 Å². The van der Waals surface area contributed by atoms with Gasteiger partial charge in [-0.3, -0.25) is 9.69 Å². The Balaban J connectivity index is 1.70. The minimum atomic E-state index is -0.506. The monoisotopic (exact) mass is 490 g/mol. The Hall–Kier alpha value is -3.30. The maximum Gasteiger partial charge on any atom is 0.253 e. The summed E-state index contributed by atoms with van der Waals surface area (Å²) in [6.07, 6.45) is 4.56. The molecule has 1 aliphatic rings. The average molecular weight is 491 g/mol. The van der Waals surface area contributed by atoms with Gasteiger partial charge in [-0.2, -0.15) is 0 Å². The zero-order valence-corrected chi connectivity index (χ0v) is 21.4. The molecule has 3 aromatic heterocycles. The van der Waals surface area contributed by atoms with Gasteiger partial charge in [0, 0.05) is 24.2 Å². The molecular weight excluding hydrogens is 456 g/mol. The summed E-state index contributed by atoms with van der Waals surface area (Å²) in [7, 11) is 0. The topological polar surface area (TPSA) is 102 Å². The number of rotatable bonds is 9. The summed E-state index contributed by atoms with van der Waals surface area (Å²) in [5.41, 5.74) is 2.04. The van der Waals surface area contributed by atoms with E-state index in [9.17, 15) is 4.79 Å². The van der Waals surface area contributed by atoms with Crippen LogP contribution in [0.25, 0.3) is 10.9 Å². The SMILES string of the molecule is CCC(C)(C)n1nnnc1[C@H](c1cc2cc(C)ccc2[nH]c1=O)N(Cc1ccco1)C[C@@H]1CCCO1. The van der Waals surface area contributed by atoms with Gasteiger partial charge in [-0.25, -0.2) is 4.68 Å². The molecule has 4 aromatic rings. The third kappa shape index (κ3) is 4.85. The number of hydrogen-bond donors (Lipinski definition) is 1. The van der Waals surface area contributed by atoms with E-state index in [0.29, 0.717) is 24.5 Å². The first kappa shape index (κ1) is 24.4. The highest BCUT2D eigenvalue weighted by molar-refractivity contribution is 5.79. The average Bonchev–Trinajstić information content (AvgIpc) is 3.63. The zero-order valence-electron chi connectivity index (χ0n) is 21.4. The molecule has 1 aromatic carbocycles. The van der Waals surface area contributed by atoms with Gasteiger partial charge in [0.2, 0.25) is 0 Å². The van der Waals surface area contributed by atoms with Crippen LogP contribution in [0.5, 0.6) is 0 Å². The zero-order chi connectivity index (χ0) is 25.3. The van der Waals surface area contributed by atoms with E-state index in [1.165, 1.54) is 0 Å². The van der Waals surface area contributed by atoms with Gasteiger partial charge in [-0.1, -0.05) is 18.6 Å². The van der Waals surface area contributed by atoms with Gasteiger partial charge in [-0.05, 0) is 86.2 Å². The van der Waals surface area contributed by atoms with Crippen LogP contribution in [0.15, 0.2) is 51.9 Å². The molecule has 36 heavy (non-hydrogen) atoms. The number of aromatic nitrogens is 5. The first-order valence-corrected chi connectivity index (χ1v) is 12.7. The van der Waals surface area contributed by atoms with Crippen molar-refractivity contribution in [3.63, 3.8) is 0 Å². The Morgan fingerprint density at radius 2 is 2.14 bits per heavy atom. The van der Waals surface area contributed by atoms with Crippen molar-refractivity contribution >= 4 is 10.9 Å². The highest BCUT2D eigenvalue weighted by atomic mass is 16.5. The number of ether oxygens (including phenoxy) is 1. The van der Waals surface area contributed by atoms with Crippen molar-refractivity contribution in [3.05, 3.63) is 75.7 Å². The van der Waals surface area contributed by atoms with E-state index in [2.05, 4.69) is 52.2 Å². The number of aryl methyl sites for hydroxylation is 1. The minimum absolute atomic E-state index is 0.0627. The molecule has 0 bridgehead atoms. The van der Waals surface area contributed by atoms with E-state index in [-0.39, 0.29) is 17.2 Å². The summed E-state index contributed by atoms with van der Waals surface area (Å²) in [5, 5.41) is 13.9. The van der Waals surface area contributed by atoms with Crippen molar-refractivity contribution < 1.29 is 9.15 Å². The number of nitrogens with zero attached hydrogens (tertiary/aromatic N) is 5. The standard InChI is InChI=1S/C27H34N6O3/c1-5-27(3,4)33-25(29-30-31-33)24(22-15-19-14-18(2)10-11-23(19)28-26(22)34)32(16-20-8-6-12-35-20)17-21-9-7-13-36-21/h6,8,10-12,14-15,21,24H,5,7,9,13,16-17H2,1-4H3,(H,28,34)/t21-,24-/m0/s1. The van der Waals surface area contributed by atoms with Gasteiger partial charge < -0.3 is 14.1 Å². The maximum atomic E-state index is 13.6. The summed E-state index contributed by atoms with van der Waals surface area (Å²) >= 11 is 0. The van der Waals surface area contributed by atoms with E-state index < -0.39 is 6.04 Å². The van der Waals surface area contributed by atoms with Crippen molar-refractivity contribution in [1.29, 1.82) is 0 Å². The lowest BCUT2D eigenvalue weighted by atomic mass is 9.98. The summed E-state index contributed by atoms with van der Waals surface area (Å²) in [5.74, 6) is 1.43. The van der Waals surface area contributed by atoms with E-state index in [4.69, 9.17) is 9.15 Å².